The Morgan fingerprint density at radius 3 is 2.82 bits per heavy atom. The molecule has 1 rings (SSSR count). The zero-order valence-corrected chi connectivity index (χ0v) is 12.1. The van der Waals surface area contributed by atoms with E-state index in [9.17, 15) is 0 Å². The molecule has 0 amide bonds. The smallest absolute Gasteiger partial charge is 0.120 e. The van der Waals surface area contributed by atoms with E-state index in [0.29, 0.717) is 0 Å². The molecule has 1 aromatic rings. The summed E-state index contributed by atoms with van der Waals surface area (Å²) in [7, 11) is 0. The van der Waals surface area contributed by atoms with Crippen LogP contribution in [0.4, 0.5) is 0 Å². The molecule has 2 nitrogen and oxygen atoms in total. The van der Waals surface area contributed by atoms with Crippen LogP contribution in [-0.2, 0) is 0 Å². The number of rotatable bonds is 9. The number of hydrogen-bond acceptors (Lipinski definition) is 2. The predicted octanol–water partition coefficient (Wildman–Crippen LogP) is 4.00. The van der Waals surface area contributed by atoms with Crippen molar-refractivity contribution in [2.45, 2.75) is 32.6 Å². The average Bonchev–Trinajstić information content (AvgIpc) is 2.33. The van der Waals surface area contributed by atoms with E-state index in [4.69, 9.17) is 4.74 Å². The summed E-state index contributed by atoms with van der Waals surface area (Å²) in [6, 6.07) is 7.95. The van der Waals surface area contributed by atoms with Gasteiger partial charge in [0.2, 0.25) is 0 Å². The summed E-state index contributed by atoms with van der Waals surface area (Å²) in [5.41, 5.74) is 0. The monoisotopic (exact) mass is 299 g/mol. The molecule has 0 saturated heterocycles. The van der Waals surface area contributed by atoms with Gasteiger partial charge in [-0.1, -0.05) is 48.2 Å². The molecule has 1 N–H and O–H groups in total. The highest BCUT2D eigenvalue weighted by Gasteiger charge is 1.94. The quantitative estimate of drug-likeness (QED) is 0.696. The first-order chi connectivity index (χ1) is 8.33. The lowest BCUT2D eigenvalue weighted by atomic mass is 10.2. The van der Waals surface area contributed by atoms with Gasteiger partial charge < -0.3 is 10.1 Å². The lowest BCUT2D eigenvalue weighted by Gasteiger charge is -2.07. The van der Waals surface area contributed by atoms with Gasteiger partial charge in [0, 0.05) is 11.0 Å². The number of hydrogen-bond donors (Lipinski definition) is 1. The molecule has 0 bridgehead atoms. The predicted molar refractivity (Wildman–Crippen MR) is 76.6 cm³/mol. The highest BCUT2D eigenvalue weighted by atomic mass is 79.9. The first kappa shape index (κ1) is 14.5. The van der Waals surface area contributed by atoms with E-state index >= 15 is 0 Å². The number of unbranched alkanes of at least 4 members (excludes halogenated alkanes) is 3. The summed E-state index contributed by atoms with van der Waals surface area (Å²) < 4.78 is 6.68. The van der Waals surface area contributed by atoms with Gasteiger partial charge in [-0.15, -0.1) is 0 Å². The van der Waals surface area contributed by atoms with Crippen molar-refractivity contribution in [1.29, 1.82) is 0 Å². The van der Waals surface area contributed by atoms with Crippen molar-refractivity contribution in [3.8, 4) is 5.75 Å². The van der Waals surface area contributed by atoms with Gasteiger partial charge in [0.15, 0.2) is 0 Å². The van der Waals surface area contributed by atoms with Crippen molar-refractivity contribution in [1.82, 2.24) is 5.32 Å². The van der Waals surface area contributed by atoms with E-state index in [1.165, 1.54) is 25.7 Å². The summed E-state index contributed by atoms with van der Waals surface area (Å²) in [6.07, 6.45) is 5.24. The van der Waals surface area contributed by atoms with Gasteiger partial charge >= 0.3 is 0 Å². The van der Waals surface area contributed by atoms with Gasteiger partial charge in [0.05, 0.1) is 0 Å². The van der Waals surface area contributed by atoms with Gasteiger partial charge in [-0.3, -0.25) is 0 Å². The van der Waals surface area contributed by atoms with Crippen molar-refractivity contribution >= 4 is 15.9 Å². The fourth-order valence-corrected chi connectivity index (χ4v) is 1.98. The summed E-state index contributed by atoms with van der Waals surface area (Å²) >= 11 is 3.42. The van der Waals surface area contributed by atoms with E-state index < -0.39 is 0 Å². The number of halogens is 1. The SMILES string of the molecule is CCCCCCNCCOc1cccc(Br)c1. The Hall–Kier alpha value is -0.540. The summed E-state index contributed by atoms with van der Waals surface area (Å²) in [5, 5.41) is 3.39. The lowest BCUT2D eigenvalue weighted by Crippen LogP contribution is -2.22. The number of benzene rings is 1. The van der Waals surface area contributed by atoms with Crippen LogP contribution in [0.25, 0.3) is 0 Å². The summed E-state index contributed by atoms with van der Waals surface area (Å²) in [4.78, 5) is 0. The van der Waals surface area contributed by atoms with Crippen molar-refractivity contribution in [2.24, 2.45) is 0 Å². The molecule has 0 spiro atoms. The Labute approximate surface area is 113 Å². The molecule has 0 fully saturated rings. The molecule has 0 unspecified atom stereocenters. The maximum Gasteiger partial charge on any atom is 0.120 e. The second-order valence-corrected chi connectivity index (χ2v) is 5.03. The standard InChI is InChI=1S/C14H22BrNO/c1-2-3-4-5-9-16-10-11-17-14-8-6-7-13(15)12-14/h6-8,12,16H,2-5,9-11H2,1H3. The first-order valence-electron chi connectivity index (χ1n) is 6.42. The van der Waals surface area contributed by atoms with Crippen LogP contribution in [0.3, 0.4) is 0 Å². The Kier molecular flexibility index (Phi) is 8.10. The van der Waals surface area contributed by atoms with Crippen molar-refractivity contribution < 1.29 is 4.74 Å². The van der Waals surface area contributed by atoms with Crippen LogP contribution < -0.4 is 10.1 Å². The second kappa shape index (κ2) is 9.49. The van der Waals surface area contributed by atoms with Crippen LogP contribution >= 0.6 is 15.9 Å². The third-order valence-electron chi connectivity index (χ3n) is 2.55. The van der Waals surface area contributed by atoms with Crippen LogP contribution in [0.2, 0.25) is 0 Å². The average molecular weight is 300 g/mol. The maximum atomic E-state index is 5.62. The minimum absolute atomic E-state index is 0.726. The van der Waals surface area contributed by atoms with Crippen molar-refractivity contribution in [3.05, 3.63) is 28.7 Å². The highest BCUT2D eigenvalue weighted by Crippen LogP contribution is 2.17. The molecular formula is C14H22BrNO. The van der Waals surface area contributed by atoms with E-state index in [0.717, 1.165) is 29.9 Å². The van der Waals surface area contributed by atoms with E-state index in [1.54, 1.807) is 0 Å². The molecule has 1 aromatic carbocycles. The molecule has 0 radical (unpaired) electrons. The highest BCUT2D eigenvalue weighted by molar-refractivity contribution is 9.10. The molecule has 0 aliphatic carbocycles. The van der Waals surface area contributed by atoms with E-state index in [-0.39, 0.29) is 0 Å². The van der Waals surface area contributed by atoms with Crippen LogP contribution in [0, 0.1) is 0 Å². The fraction of sp³-hybridized carbons (Fsp3) is 0.571. The Bertz CT molecular complexity index is 304. The van der Waals surface area contributed by atoms with Gasteiger partial charge in [0.1, 0.15) is 12.4 Å². The third kappa shape index (κ3) is 7.40. The molecule has 0 aromatic heterocycles. The zero-order valence-electron chi connectivity index (χ0n) is 10.5. The fourth-order valence-electron chi connectivity index (χ4n) is 1.60. The Morgan fingerprint density at radius 1 is 1.18 bits per heavy atom. The zero-order chi connectivity index (χ0) is 12.3. The van der Waals surface area contributed by atoms with Crippen LogP contribution in [0.5, 0.6) is 5.75 Å². The van der Waals surface area contributed by atoms with Gasteiger partial charge in [0.25, 0.3) is 0 Å². The molecule has 96 valence electrons. The summed E-state index contributed by atoms with van der Waals surface area (Å²) in [6.45, 7) is 4.98. The molecule has 3 heteroatoms. The topological polar surface area (TPSA) is 21.3 Å². The normalized spacial score (nSPS) is 10.5. The molecule has 17 heavy (non-hydrogen) atoms. The van der Waals surface area contributed by atoms with Crippen LogP contribution in [0.15, 0.2) is 28.7 Å². The molecule has 0 atom stereocenters. The molecule has 0 heterocycles. The molecule has 0 saturated carbocycles. The number of nitrogens with one attached hydrogen (secondary N) is 1. The molecular weight excluding hydrogens is 278 g/mol. The van der Waals surface area contributed by atoms with Gasteiger partial charge in [-0.2, -0.15) is 0 Å². The van der Waals surface area contributed by atoms with E-state index in [2.05, 4.69) is 28.2 Å². The van der Waals surface area contributed by atoms with Crippen molar-refractivity contribution in [2.75, 3.05) is 19.7 Å². The number of ether oxygens (including phenoxy) is 1. The van der Waals surface area contributed by atoms with E-state index in [1.807, 2.05) is 24.3 Å². The Balaban J connectivity index is 1.97. The van der Waals surface area contributed by atoms with Gasteiger partial charge in [-0.05, 0) is 31.2 Å². The first-order valence-corrected chi connectivity index (χ1v) is 7.21. The van der Waals surface area contributed by atoms with Gasteiger partial charge in [-0.25, -0.2) is 0 Å². The molecule has 0 aliphatic rings. The minimum Gasteiger partial charge on any atom is -0.492 e. The van der Waals surface area contributed by atoms with Crippen LogP contribution in [-0.4, -0.2) is 19.7 Å². The minimum atomic E-state index is 0.726. The van der Waals surface area contributed by atoms with Crippen molar-refractivity contribution in [3.63, 3.8) is 0 Å². The molecule has 0 aliphatic heterocycles. The second-order valence-electron chi connectivity index (χ2n) is 4.12. The maximum absolute atomic E-state index is 5.62. The lowest BCUT2D eigenvalue weighted by molar-refractivity contribution is 0.313. The third-order valence-corrected chi connectivity index (χ3v) is 3.04. The largest absolute Gasteiger partial charge is 0.492 e. The van der Waals surface area contributed by atoms with Crippen LogP contribution in [0.1, 0.15) is 32.6 Å². The Morgan fingerprint density at radius 2 is 2.06 bits per heavy atom. The summed E-state index contributed by atoms with van der Waals surface area (Å²) in [5.74, 6) is 0.923.